The Balaban J connectivity index is 2.12. The number of rotatable bonds is 5. The van der Waals surface area contributed by atoms with Crippen LogP contribution >= 0.6 is 0 Å². The summed E-state index contributed by atoms with van der Waals surface area (Å²) in [6.07, 6.45) is 6.32. The van der Waals surface area contributed by atoms with E-state index in [2.05, 4.69) is 0 Å². The third-order valence-electron chi connectivity index (χ3n) is 4.92. The zero-order valence-electron chi connectivity index (χ0n) is 13.1. The van der Waals surface area contributed by atoms with Gasteiger partial charge in [0.25, 0.3) is 0 Å². The van der Waals surface area contributed by atoms with E-state index >= 15 is 0 Å². The Bertz CT molecular complexity index is 384. The fourth-order valence-electron chi connectivity index (χ4n) is 3.98. The van der Waals surface area contributed by atoms with Gasteiger partial charge in [-0.15, -0.1) is 0 Å². The molecule has 2 aliphatic rings. The number of methoxy groups -OCH3 is 1. The summed E-state index contributed by atoms with van der Waals surface area (Å²) in [6.45, 7) is 2.50. The molecule has 0 spiro atoms. The lowest BCUT2D eigenvalue weighted by Gasteiger charge is -2.47. The zero-order chi connectivity index (χ0) is 15.4. The Hall–Kier alpha value is -1.10. The van der Waals surface area contributed by atoms with Gasteiger partial charge in [-0.1, -0.05) is 19.8 Å². The van der Waals surface area contributed by atoms with Crippen LogP contribution in [0.3, 0.4) is 0 Å². The molecule has 0 aromatic rings. The molecule has 1 amide bonds. The van der Waals surface area contributed by atoms with E-state index in [1.54, 1.807) is 12.0 Å². The molecule has 21 heavy (non-hydrogen) atoms. The van der Waals surface area contributed by atoms with Gasteiger partial charge in [-0.2, -0.15) is 0 Å². The lowest BCUT2D eigenvalue weighted by molar-refractivity contribution is -0.158. The monoisotopic (exact) mass is 297 g/mol. The molecule has 4 atom stereocenters. The maximum atomic E-state index is 12.7. The molecule has 1 saturated carbocycles. The Morgan fingerprint density at radius 1 is 1.24 bits per heavy atom. The molecule has 5 nitrogen and oxygen atoms in total. The minimum atomic E-state index is -0.855. The van der Waals surface area contributed by atoms with Crippen LogP contribution in [0.4, 0.5) is 0 Å². The van der Waals surface area contributed by atoms with Gasteiger partial charge in [0.1, 0.15) is 6.04 Å². The molecule has 0 bridgehead atoms. The molecule has 1 aliphatic heterocycles. The number of carboxylic acids is 1. The number of amides is 1. The van der Waals surface area contributed by atoms with E-state index in [-0.39, 0.29) is 17.9 Å². The number of likely N-dealkylation sites (tertiary alicyclic amines) is 1. The Labute approximate surface area is 126 Å². The average molecular weight is 297 g/mol. The highest BCUT2D eigenvalue weighted by Gasteiger charge is 2.43. The first-order chi connectivity index (χ1) is 10.0. The standard InChI is InChI=1S/C16H27NO4/c1-11(10-21-2)9-15(18)17-13-6-4-3-5-12(13)7-8-14(17)16(19)20/h11-14H,3-10H2,1-2H3,(H,19,20). The number of ether oxygens (including phenoxy) is 1. The average Bonchev–Trinajstić information content (AvgIpc) is 2.45. The van der Waals surface area contributed by atoms with Gasteiger partial charge in [0.05, 0.1) is 0 Å². The highest BCUT2D eigenvalue weighted by Crippen LogP contribution is 2.38. The van der Waals surface area contributed by atoms with E-state index in [1.807, 2.05) is 6.92 Å². The molecule has 2 rings (SSSR count). The van der Waals surface area contributed by atoms with Gasteiger partial charge in [-0.3, -0.25) is 4.79 Å². The summed E-state index contributed by atoms with van der Waals surface area (Å²) in [5.41, 5.74) is 0. The molecule has 5 heteroatoms. The van der Waals surface area contributed by atoms with Crippen LogP contribution in [0, 0.1) is 11.8 Å². The van der Waals surface area contributed by atoms with Gasteiger partial charge in [0, 0.05) is 26.2 Å². The second-order valence-corrected chi connectivity index (χ2v) is 6.61. The van der Waals surface area contributed by atoms with Crippen molar-refractivity contribution in [1.29, 1.82) is 0 Å². The topological polar surface area (TPSA) is 66.8 Å². The number of hydrogen-bond donors (Lipinski definition) is 1. The summed E-state index contributed by atoms with van der Waals surface area (Å²) >= 11 is 0. The van der Waals surface area contributed by atoms with Crippen LogP contribution in [-0.4, -0.2) is 47.7 Å². The van der Waals surface area contributed by atoms with Crippen LogP contribution in [-0.2, 0) is 14.3 Å². The Kier molecular flexibility index (Phi) is 5.62. The van der Waals surface area contributed by atoms with Gasteiger partial charge in [0.2, 0.25) is 5.91 Å². The predicted octanol–water partition coefficient (Wildman–Crippen LogP) is 2.29. The molecular formula is C16H27NO4. The second kappa shape index (κ2) is 7.25. The smallest absolute Gasteiger partial charge is 0.326 e. The lowest BCUT2D eigenvalue weighted by Crippen LogP contribution is -2.57. The molecule has 1 heterocycles. The molecule has 4 unspecified atom stereocenters. The maximum Gasteiger partial charge on any atom is 0.326 e. The largest absolute Gasteiger partial charge is 0.480 e. The number of carboxylic acid groups (broad SMARTS) is 1. The van der Waals surface area contributed by atoms with Crippen LogP contribution in [0.1, 0.15) is 51.9 Å². The molecule has 1 aliphatic carbocycles. The van der Waals surface area contributed by atoms with E-state index in [1.165, 1.54) is 6.42 Å². The van der Waals surface area contributed by atoms with Crippen LogP contribution in [0.5, 0.6) is 0 Å². The van der Waals surface area contributed by atoms with Crippen LogP contribution in [0.25, 0.3) is 0 Å². The normalized spacial score (nSPS) is 30.6. The van der Waals surface area contributed by atoms with Crippen molar-refractivity contribution in [2.45, 2.75) is 64.0 Å². The highest BCUT2D eigenvalue weighted by atomic mass is 16.5. The molecular weight excluding hydrogens is 270 g/mol. The number of carbonyl (C=O) groups excluding carboxylic acids is 1. The molecule has 2 fully saturated rings. The fourth-order valence-corrected chi connectivity index (χ4v) is 3.98. The molecule has 120 valence electrons. The van der Waals surface area contributed by atoms with Crippen molar-refractivity contribution in [2.75, 3.05) is 13.7 Å². The predicted molar refractivity (Wildman–Crippen MR) is 78.9 cm³/mol. The first-order valence-corrected chi connectivity index (χ1v) is 8.07. The molecule has 1 saturated heterocycles. The number of aliphatic carboxylic acids is 1. The Morgan fingerprint density at radius 3 is 2.62 bits per heavy atom. The summed E-state index contributed by atoms with van der Waals surface area (Å²) in [5.74, 6) is -0.243. The first-order valence-electron chi connectivity index (χ1n) is 8.07. The highest BCUT2D eigenvalue weighted by molar-refractivity contribution is 5.84. The summed E-state index contributed by atoms with van der Waals surface area (Å²) in [6, 6.07) is -0.498. The van der Waals surface area contributed by atoms with E-state index in [0.29, 0.717) is 25.4 Å². The minimum Gasteiger partial charge on any atom is -0.480 e. The lowest BCUT2D eigenvalue weighted by atomic mass is 9.76. The third-order valence-corrected chi connectivity index (χ3v) is 4.92. The van der Waals surface area contributed by atoms with E-state index in [9.17, 15) is 14.7 Å². The molecule has 0 radical (unpaired) electrons. The van der Waals surface area contributed by atoms with Gasteiger partial charge < -0.3 is 14.7 Å². The van der Waals surface area contributed by atoms with Crippen molar-refractivity contribution < 1.29 is 19.4 Å². The maximum absolute atomic E-state index is 12.7. The number of carbonyl (C=O) groups is 2. The SMILES string of the molecule is COCC(C)CC(=O)N1C(C(=O)O)CCC2CCCCC21. The first kappa shape index (κ1) is 16.3. The summed E-state index contributed by atoms with van der Waals surface area (Å²) in [5, 5.41) is 9.47. The fraction of sp³-hybridized carbons (Fsp3) is 0.875. The van der Waals surface area contributed by atoms with E-state index < -0.39 is 12.0 Å². The number of piperidine rings is 1. The quantitative estimate of drug-likeness (QED) is 0.845. The van der Waals surface area contributed by atoms with Crippen molar-refractivity contribution in [3.63, 3.8) is 0 Å². The van der Waals surface area contributed by atoms with Gasteiger partial charge in [-0.05, 0) is 37.5 Å². The Morgan fingerprint density at radius 2 is 1.95 bits per heavy atom. The van der Waals surface area contributed by atoms with Crippen molar-refractivity contribution in [2.24, 2.45) is 11.8 Å². The number of fused-ring (bicyclic) bond motifs is 1. The van der Waals surface area contributed by atoms with Crippen molar-refractivity contribution in [1.82, 2.24) is 4.90 Å². The summed E-state index contributed by atoms with van der Waals surface area (Å²) in [7, 11) is 1.62. The van der Waals surface area contributed by atoms with Gasteiger partial charge in [0.15, 0.2) is 0 Å². The van der Waals surface area contributed by atoms with Crippen LogP contribution in [0.2, 0.25) is 0 Å². The van der Waals surface area contributed by atoms with E-state index in [0.717, 1.165) is 25.7 Å². The summed E-state index contributed by atoms with van der Waals surface area (Å²) < 4.78 is 5.09. The molecule has 0 aromatic heterocycles. The van der Waals surface area contributed by atoms with Crippen molar-refractivity contribution >= 4 is 11.9 Å². The minimum absolute atomic E-state index is 0.0106. The number of hydrogen-bond acceptors (Lipinski definition) is 3. The summed E-state index contributed by atoms with van der Waals surface area (Å²) in [4.78, 5) is 25.9. The van der Waals surface area contributed by atoms with Gasteiger partial charge >= 0.3 is 5.97 Å². The van der Waals surface area contributed by atoms with Crippen molar-refractivity contribution in [3.8, 4) is 0 Å². The third kappa shape index (κ3) is 3.76. The van der Waals surface area contributed by atoms with Crippen molar-refractivity contribution in [3.05, 3.63) is 0 Å². The molecule has 1 N–H and O–H groups in total. The van der Waals surface area contributed by atoms with Gasteiger partial charge in [-0.25, -0.2) is 4.79 Å². The van der Waals surface area contributed by atoms with E-state index in [4.69, 9.17) is 4.74 Å². The second-order valence-electron chi connectivity index (χ2n) is 6.61. The number of nitrogens with zero attached hydrogens (tertiary/aromatic N) is 1. The zero-order valence-corrected chi connectivity index (χ0v) is 13.1. The van der Waals surface area contributed by atoms with Crippen LogP contribution in [0.15, 0.2) is 0 Å². The van der Waals surface area contributed by atoms with Crippen LogP contribution < -0.4 is 0 Å². The molecule has 0 aromatic carbocycles.